The lowest BCUT2D eigenvalue weighted by molar-refractivity contribution is 0.0941. The van der Waals surface area contributed by atoms with Crippen LogP contribution in [0.3, 0.4) is 0 Å². The first-order chi connectivity index (χ1) is 15.6. The van der Waals surface area contributed by atoms with Crippen LogP contribution in [0.5, 0.6) is 5.75 Å². The molecule has 1 amide bonds. The lowest BCUT2D eigenvalue weighted by Gasteiger charge is -2.26. The molecule has 0 aliphatic rings. The second-order valence-electron chi connectivity index (χ2n) is 7.86. The second-order valence-corrected chi connectivity index (χ2v) is 7.86. The number of hydrogen-bond acceptors (Lipinski definition) is 5. The average Bonchev–Trinajstić information content (AvgIpc) is 3.21. The third-order valence-corrected chi connectivity index (χ3v) is 5.49. The van der Waals surface area contributed by atoms with E-state index >= 15 is 0 Å². The summed E-state index contributed by atoms with van der Waals surface area (Å²) in [5.41, 5.74) is 3.43. The zero-order valence-electron chi connectivity index (χ0n) is 18.5. The van der Waals surface area contributed by atoms with Crippen LogP contribution in [0, 0.1) is 0 Å². The van der Waals surface area contributed by atoms with E-state index in [9.17, 15) is 4.79 Å². The maximum atomic E-state index is 12.9. The van der Waals surface area contributed by atoms with E-state index in [1.54, 1.807) is 19.5 Å². The van der Waals surface area contributed by atoms with Crippen molar-refractivity contribution in [1.29, 1.82) is 0 Å². The fourth-order valence-corrected chi connectivity index (χ4v) is 3.77. The highest BCUT2D eigenvalue weighted by molar-refractivity contribution is 5.96. The van der Waals surface area contributed by atoms with Crippen molar-refractivity contribution in [2.75, 3.05) is 27.7 Å². The van der Waals surface area contributed by atoms with E-state index in [0.29, 0.717) is 18.7 Å². The Balaban J connectivity index is 1.48. The number of carbonyl (C=O) groups excluding carboxylic acids is 1. The van der Waals surface area contributed by atoms with Crippen LogP contribution < -0.4 is 10.1 Å². The standard InChI is InChI=1S/C25H27N5O2/c1-29(2)22(21-11-7-8-12-23(21)32-3)16-27-25(31)20-13-19-15-28-30(24(19)26-14-20)17-18-9-5-4-6-10-18/h4-15,22H,16-17H2,1-3H3,(H,27,31). The molecule has 1 unspecified atom stereocenters. The number of ether oxygens (including phenoxy) is 1. The largest absolute Gasteiger partial charge is 0.496 e. The molecule has 0 spiro atoms. The number of pyridine rings is 1. The minimum atomic E-state index is -0.169. The van der Waals surface area contributed by atoms with Gasteiger partial charge in [0.25, 0.3) is 5.91 Å². The van der Waals surface area contributed by atoms with Crippen molar-refractivity contribution >= 4 is 16.9 Å². The van der Waals surface area contributed by atoms with E-state index in [1.165, 1.54) is 0 Å². The van der Waals surface area contributed by atoms with Crippen LogP contribution in [-0.4, -0.2) is 53.3 Å². The molecule has 32 heavy (non-hydrogen) atoms. The zero-order chi connectivity index (χ0) is 22.5. The van der Waals surface area contributed by atoms with Crippen LogP contribution in [0.1, 0.15) is 27.5 Å². The van der Waals surface area contributed by atoms with Gasteiger partial charge in [0, 0.05) is 23.7 Å². The summed E-state index contributed by atoms with van der Waals surface area (Å²) in [5.74, 6) is 0.631. The van der Waals surface area contributed by atoms with Crippen LogP contribution >= 0.6 is 0 Å². The molecule has 7 nitrogen and oxygen atoms in total. The summed E-state index contributed by atoms with van der Waals surface area (Å²) in [4.78, 5) is 19.4. The normalized spacial score (nSPS) is 12.1. The first kappa shape index (κ1) is 21.5. The molecule has 0 aliphatic carbocycles. The first-order valence-corrected chi connectivity index (χ1v) is 10.5. The number of likely N-dealkylation sites (N-methyl/N-ethyl adjacent to an activating group) is 1. The van der Waals surface area contributed by atoms with Gasteiger partial charge >= 0.3 is 0 Å². The topological polar surface area (TPSA) is 72.3 Å². The number of hydrogen-bond donors (Lipinski definition) is 1. The van der Waals surface area contributed by atoms with E-state index in [4.69, 9.17) is 4.74 Å². The van der Waals surface area contributed by atoms with Crippen LogP contribution in [-0.2, 0) is 6.54 Å². The van der Waals surface area contributed by atoms with Gasteiger partial charge in [0.2, 0.25) is 0 Å². The minimum absolute atomic E-state index is 0.0274. The maximum Gasteiger partial charge on any atom is 0.252 e. The van der Waals surface area contributed by atoms with Gasteiger partial charge in [-0.15, -0.1) is 0 Å². The van der Waals surface area contributed by atoms with Crippen molar-refractivity contribution < 1.29 is 9.53 Å². The molecule has 2 aromatic carbocycles. The highest BCUT2D eigenvalue weighted by Gasteiger charge is 2.20. The van der Waals surface area contributed by atoms with Crippen molar-refractivity contribution in [2.24, 2.45) is 0 Å². The summed E-state index contributed by atoms with van der Waals surface area (Å²) in [6.07, 6.45) is 3.36. The Bertz CT molecular complexity index is 1200. The van der Waals surface area contributed by atoms with Gasteiger partial charge in [-0.05, 0) is 31.8 Å². The molecule has 2 heterocycles. The molecule has 0 saturated carbocycles. The predicted octanol–water partition coefficient (Wildman–Crippen LogP) is 3.52. The molecule has 2 aromatic heterocycles. The molecule has 4 rings (SSSR count). The van der Waals surface area contributed by atoms with Crippen molar-refractivity contribution in [1.82, 2.24) is 25.0 Å². The smallest absolute Gasteiger partial charge is 0.252 e. The number of methoxy groups -OCH3 is 1. The maximum absolute atomic E-state index is 12.9. The molecule has 0 fully saturated rings. The molecule has 0 saturated heterocycles. The Kier molecular flexibility index (Phi) is 6.47. The molecule has 0 radical (unpaired) electrons. The highest BCUT2D eigenvalue weighted by Crippen LogP contribution is 2.27. The lowest BCUT2D eigenvalue weighted by Crippen LogP contribution is -2.34. The summed E-state index contributed by atoms with van der Waals surface area (Å²) >= 11 is 0. The Hall–Kier alpha value is -3.71. The number of amides is 1. The van der Waals surface area contributed by atoms with E-state index < -0.39 is 0 Å². The number of para-hydroxylation sites is 1. The third kappa shape index (κ3) is 4.63. The van der Waals surface area contributed by atoms with Crippen molar-refractivity contribution in [2.45, 2.75) is 12.6 Å². The van der Waals surface area contributed by atoms with Crippen molar-refractivity contribution in [3.8, 4) is 5.75 Å². The molecule has 7 heteroatoms. The molecular formula is C25H27N5O2. The van der Waals surface area contributed by atoms with Crippen molar-refractivity contribution in [3.63, 3.8) is 0 Å². The third-order valence-electron chi connectivity index (χ3n) is 5.49. The van der Waals surface area contributed by atoms with Gasteiger partial charge in [-0.3, -0.25) is 4.79 Å². The van der Waals surface area contributed by atoms with Gasteiger partial charge in [-0.1, -0.05) is 48.5 Å². The summed E-state index contributed by atoms with van der Waals surface area (Å²) in [7, 11) is 5.62. The first-order valence-electron chi connectivity index (χ1n) is 10.5. The average molecular weight is 430 g/mol. The molecule has 4 aromatic rings. The van der Waals surface area contributed by atoms with Gasteiger partial charge in [-0.2, -0.15) is 5.10 Å². The van der Waals surface area contributed by atoms with Gasteiger partial charge < -0.3 is 15.0 Å². The number of carbonyl (C=O) groups is 1. The Morgan fingerprint density at radius 1 is 1.09 bits per heavy atom. The Labute approximate surface area is 187 Å². The number of fused-ring (bicyclic) bond motifs is 1. The number of nitrogens with zero attached hydrogens (tertiary/aromatic N) is 4. The number of benzene rings is 2. The molecule has 164 valence electrons. The molecule has 1 atom stereocenters. The predicted molar refractivity (Wildman–Crippen MR) is 125 cm³/mol. The molecule has 0 aliphatic heterocycles. The second kappa shape index (κ2) is 9.62. The Morgan fingerprint density at radius 3 is 2.59 bits per heavy atom. The van der Waals surface area contributed by atoms with Crippen LogP contribution in [0.4, 0.5) is 0 Å². The van der Waals surface area contributed by atoms with E-state index in [2.05, 4.69) is 32.4 Å². The fourth-order valence-electron chi connectivity index (χ4n) is 3.77. The van der Waals surface area contributed by atoms with Crippen LogP contribution in [0.25, 0.3) is 11.0 Å². The van der Waals surface area contributed by atoms with Crippen LogP contribution in [0.15, 0.2) is 73.1 Å². The SMILES string of the molecule is COc1ccccc1C(CNC(=O)c1cnc2c(cnn2Cc2ccccc2)c1)N(C)C. The molecule has 0 bridgehead atoms. The summed E-state index contributed by atoms with van der Waals surface area (Å²) in [6.45, 7) is 1.07. The lowest BCUT2D eigenvalue weighted by atomic mass is 10.0. The monoisotopic (exact) mass is 429 g/mol. The minimum Gasteiger partial charge on any atom is -0.496 e. The van der Waals surface area contributed by atoms with E-state index in [0.717, 1.165) is 27.9 Å². The van der Waals surface area contributed by atoms with Gasteiger partial charge in [0.15, 0.2) is 5.65 Å². The van der Waals surface area contributed by atoms with Gasteiger partial charge in [0.1, 0.15) is 5.75 Å². The number of aromatic nitrogens is 3. The van der Waals surface area contributed by atoms with Crippen LogP contribution in [0.2, 0.25) is 0 Å². The number of rotatable bonds is 8. The Morgan fingerprint density at radius 2 is 1.84 bits per heavy atom. The zero-order valence-corrected chi connectivity index (χ0v) is 18.5. The van der Waals surface area contributed by atoms with Crippen molar-refractivity contribution in [3.05, 3.63) is 89.7 Å². The fraction of sp³-hybridized carbons (Fsp3) is 0.240. The quantitative estimate of drug-likeness (QED) is 0.464. The summed E-state index contributed by atoms with van der Waals surface area (Å²) in [5, 5.41) is 8.32. The van der Waals surface area contributed by atoms with E-state index in [-0.39, 0.29) is 11.9 Å². The number of nitrogens with one attached hydrogen (secondary N) is 1. The summed E-state index contributed by atoms with van der Waals surface area (Å²) < 4.78 is 7.35. The molecule has 1 N–H and O–H groups in total. The van der Waals surface area contributed by atoms with E-state index in [1.807, 2.05) is 67.3 Å². The highest BCUT2D eigenvalue weighted by atomic mass is 16.5. The van der Waals surface area contributed by atoms with Gasteiger partial charge in [-0.25, -0.2) is 9.67 Å². The molecular weight excluding hydrogens is 402 g/mol. The van der Waals surface area contributed by atoms with Gasteiger partial charge in [0.05, 0.1) is 31.5 Å². The summed E-state index contributed by atoms with van der Waals surface area (Å²) in [6, 6.07) is 19.8.